The van der Waals surface area contributed by atoms with Crippen LogP contribution in [0, 0.1) is 6.92 Å². The fourth-order valence-electron chi connectivity index (χ4n) is 2.02. The normalized spacial score (nSPS) is 10.4. The number of aryl methyl sites for hydroxylation is 1. The molecule has 0 bridgehead atoms. The number of H-pyrrole nitrogens is 1. The number of thiazole rings is 1. The first-order valence-corrected chi connectivity index (χ1v) is 9.36. The molecule has 0 spiro atoms. The lowest BCUT2D eigenvalue weighted by Crippen LogP contribution is -2.41. The standard InChI is InChI=1S/C17H16N4O2S2/c1-11-9-24-17(19-11)25-10-12-4-6-13(7-5-12)15(22)20-21-16(23)14-3-2-8-18-14/h2-9,18H,10H2,1H3,(H,20,22)(H,21,23). The molecule has 25 heavy (non-hydrogen) atoms. The number of carbonyl (C=O) groups excluding carboxylic acids is 2. The molecule has 0 aliphatic rings. The lowest BCUT2D eigenvalue weighted by atomic mass is 10.1. The third-order valence-corrected chi connectivity index (χ3v) is 5.52. The van der Waals surface area contributed by atoms with E-state index in [2.05, 4.69) is 20.8 Å². The zero-order valence-electron chi connectivity index (χ0n) is 13.4. The topological polar surface area (TPSA) is 86.9 Å². The predicted molar refractivity (Wildman–Crippen MR) is 98.6 cm³/mol. The lowest BCUT2D eigenvalue weighted by molar-refractivity contribution is 0.0844. The van der Waals surface area contributed by atoms with Gasteiger partial charge >= 0.3 is 0 Å². The Balaban J connectivity index is 1.50. The molecule has 2 aromatic heterocycles. The van der Waals surface area contributed by atoms with Crippen LogP contribution in [0.4, 0.5) is 0 Å². The second kappa shape index (κ2) is 8.00. The molecule has 0 saturated carbocycles. The molecule has 3 aromatic rings. The van der Waals surface area contributed by atoms with Crippen molar-refractivity contribution >= 4 is 34.9 Å². The van der Waals surface area contributed by atoms with Crippen molar-refractivity contribution in [2.45, 2.75) is 17.0 Å². The summed E-state index contributed by atoms with van der Waals surface area (Å²) in [6.07, 6.45) is 1.64. The predicted octanol–water partition coefficient (Wildman–Crippen LogP) is 3.15. The summed E-state index contributed by atoms with van der Waals surface area (Å²) in [7, 11) is 0. The van der Waals surface area contributed by atoms with Crippen molar-refractivity contribution in [3.05, 3.63) is 70.5 Å². The van der Waals surface area contributed by atoms with Gasteiger partial charge < -0.3 is 4.98 Å². The maximum absolute atomic E-state index is 12.1. The van der Waals surface area contributed by atoms with Crippen LogP contribution in [0.15, 0.2) is 52.3 Å². The average Bonchev–Trinajstić information content (AvgIpc) is 3.30. The molecule has 128 valence electrons. The number of aromatic nitrogens is 2. The SMILES string of the molecule is Cc1csc(SCc2ccc(C(=O)NNC(=O)c3ccc[nH]3)cc2)n1. The van der Waals surface area contributed by atoms with Gasteiger partial charge in [0.05, 0.1) is 0 Å². The van der Waals surface area contributed by atoms with Gasteiger partial charge in [-0.3, -0.25) is 20.4 Å². The Bertz CT molecular complexity index is 857. The van der Waals surface area contributed by atoms with Crippen molar-refractivity contribution in [3.8, 4) is 0 Å². The summed E-state index contributed by atoms with van der Waals surface area (Å²) < 4.78 is 1.03. The first-order valence-electron chi connectivity index (χ1n) is 7.50. The fraction of sp³-hybridized carbons (Fsp3) is 0.118. The van der Waals surface area contributed by atoms with E-state index in [-0.39, 0.29) is 5.91 Å². The quantitative estimate of drug-likeness (QED) is 0.474. The summed E-state index contributed by atoms with van der Waals surface area (Å²) in [5.41, 5.74) is 7.75. The number of benzene rings is 1. The first-order chi connectivity index (χ1) is 12.1. The minimum Gasteiger partial charge on any atom is -0.357 e. The minimum atomic E-state index is -0.398. The summed E-state index contributed by atoms with van der Waals surface area (Å²) in [6, 6.07) is 10.6. The third-order valence-electron chi connectivity index (χ3n) is 3.31. The molecule has 2 heterocycles. The van der Waals surface area contributed by atoms with Gasteiger partial charge in [0.25, 0.3) is 11.8 Å². The zero-order valence-corrected chi connectivity index (χ0v) is 15.0. The Kier molecular flexibility index (Phi) is 5.52. The molecule has 0 radical (unpaired) electrons. The molecule has 0 fully saturated rings. The second-order valence-corrected chi connectivity index (χ2v) is 7.31. The van der Waals surface area contributed by atoms with Gasteiger partial charge in [-0.1, -0.05) is 23.9 Å². The highest BCUT2D eigenvalue weighted by Crippen LogP contribution is 2.26. The van der Waals surface area contributed by atoms with Crippen molar-refractivity contribution in [1.82, 2.24) is 20.8 Å². The van der Waals surface area contributed by atoms with Crippen molar-refractivity contribution in [1.29, 1.82) is 0 Å². The minimum absolute atomic E-state index is 0.366. The van der Waals surface area contributed by atoms with Crippen LogP contribution >= 0.6 is 23.1 Å². The Hall–Kier alpha value is -2.58. The van der Waals surface area contributed by atoms with E-state index in [9.17, 15) is 9.59 Å². The van der Waals surface area contributed by atoms with Crippen LogP contribution in [-0.2, 0) is 5.75 Å². The van der Waals surface area contributed by atoms with Gasteiger partial charge in [-0.05, 0) is 36.8 Å². The van der Waals surface area contributed by atoms with Crippen LogP contribution in [-0.4, -0.2) is 21.8 Å². The van der Waals surface area contributed by atoms with E-state index in [1.54, 1.807) is 53.6 Å². The Morgan fingerprint density at radius 1 is 1.16 bits per heavy atom. The summed E-state index contributed by atoms with van der Waals surface area (Å²) in [5, 5.41) is 2.03. The van der Waals surface area contributed by atoms with Crippen LogP contribution in [0.2, 0.25) is 0 Å². The highest BCUT2D eigenvalue weighted by Gasteiger charge is 2.09. The number of rotatable bonds is 5. The van der Waals surface area contributed by atoms with Gasteiger partial charge in [-0.25, -0.2) is 4.98 Å². The summed E-state index contributed by atoms with van der Waals surface area (Å²) in [4.78, 5) is 31.0. The molecule has 0 saturated heterocycles. The van der Waals surface area contributed by atoms with Crippen molar-refractivity contribution in [3.63, 3.8) is 0 Å². The Morgan fingerprint density at radius 3 is 2.56 bits per heavy atom. The van der Waals surface area contributed by atoms with Crippen LogP contribution < -0.4 is 10.9 Å². The van der Waals surface area contributed by atoms with E-state index in [1.165, 1.54) is 0 Å². The van der Waals surface area contributed by atoms with E-state index < -0.39 is 5.91 Å². The molecule has 0 atom stereocenters. The number of nitrogens with one attached hydrogen (secondary N) is 3. The Labute approximate surface area is 153 Å². The second-order valence-electron chi connectivity index (χ2n) is 5.23. The number of hydrogen-bond donors (Lipinski definition) is 3. The van der Waals surface area contributed by atoms with E-state index >= 15 is 0 Å². The highest BCUT2D eigenvalue weighted by molar-refractivity contribution is 8.00. The maximum atomic E-state index is 12.1. The van der Waals surface area contributed by atoms with Crippen LogP contribution in [0.25, 0.3) is 0 Å². The zero-order chi connectivity index (χ0) is 17.6. The van der Waals surface area contributed by atoms with Crippen LogP contribution in [0.3, 0.4) is 0 Å². The lowest BCUT2D eigenvalue weighted by Gasteiger charge is -2.07. The molecule has 1 aromatic carbocycles. The number of carbonyl (C=O) groups is 2. The fourth-order valence-corrected chi connectivity index (χ4v) is 3.83. The van der Waals surface area contributed by atoms with Gasteiger partial charge in [0.15, 0.2) is 0 Å². The van der Waals surface area contributed by atoms with Crippen LogP contribution in [0.5, 0.6) is 0 Å². The number of hydrogen-bond acceptors (Lipinski definition) is 5. The van der Waals surface area contributed by atoms with Gasteiger partial charge in [0.2, 0.25) is 0 Å². The molecule has 2 amide bonds. The smallest absolute Gasteiger partial charge is 0.286 e. The Morgan fingerprint density at radius 2 is 1.92 bits per heavy atom. The van der Waals surface area contributed by atoms with Crippen molar-refractivity contribution in [2.24, 2.45) is 0 Å². The number of aromatic amines is 1. The van der Waals surface area contributed by atoms with E-state index in [4.69, 9.17) is 0 Å². The third kappa shape index (κ3) is 4.71. The monoisotopic (exact) mass is 372 g/mol. The van der Waals surface area contributed by atoms with Gasteiger partial charge in [0.1, 0.15) is 10.0 Å². The van der Waals surface area contributed by atoms with Crippen LogP contribution in [0.1, 0.15) is 32.1 Å². The van der Waals surface area contributed by atoms with E-state index in [0.717, 1.165) is 21.3 Å². The molecule has 0 unspecified atom stereocenters. The number of amides is 2. The summed E-state index contributed by atoms with van der Waals surface area (Å²) >= 11 is 3.30. The molecular formula is C17H16N4O2S2. The van der Waals surface area contributed by atoms with E-state index in [1.807, 2.05) is 24.4 Å². The highest BCUT2D eigenvalue weighted by atomic mass is 32.2. The summed E-state index contributed by atoms with van der Waals surface area (Å²) in [6.45, 7) is 1.97. The average molecular weight is 372 g/mol. The number of thioether (sulfide) groups is 1. The molecule has 0 aliphatic carbocycles. The van der Waals surface area contributed by atoms with Gasteiger partial charge in [-0.2, -0.15) is 0 Å². The summed E-state index contributed by atoms with van der Waals surface area (Å²) in [5.74, 6) is 0.0260. The van der Waals surface area contributed by atoms with E-state index in [0.29, 0.717) is 11.3 Å². The number of nitrogens with zero attached hydrogens (tertiary/aromatic N) is 1. The van der Waals surface area contributed by atoms with Gasteiger partial charge in [0, 0.05) is 28.6 Å². The number of hydrazine groups is 1. The molecule has 8 heteroatoms. The maximum Gasteiger partial charge on any atom is 0.286 e. The van der Waals surface area contributed by atoms with Gasteiger partial charge in [-0.15, -0.1) is 11.3 Å². The first kappa shape index (κ1) is 17.2. The van der Waals surface area contributed by atoms with Crippen molar-refractivity contribution < 1.29 is 9.59 Å². The molecule has 0 aliphatic heterocycles. The molecular weight excluding hydrogens is 356 g/mol. The molecule has 3 N–H and O–H groups in total. The largest absolute Gasteiger partial charge is 0.357 e. The molecule has 3 rings (SSSR count). The van der Waals surface area contributed by atoms with Crippen molar-refractivity contribution in [2.75, 3.05) is 0 Å². The molecule has 6 nitrogen and oxygen atoms in total.